The van der Waals surface area contributed by atoms with Gasteiger partial charge in [-0.1, -0.05) is 201 Å². The third-order valence-electron chi connectivity index (χ3n) is 12.1. The molecule has 0 aliphatic heterocycles. The van der Waals surface area contributed by atoms with Gasteiger partial charge in [0.1, 0.15) is 11.5 Å². The van der Waals surface area contributed by atoms with Gasteiger partial charge in [0.05, 0.1) is 0 Å². The zero-order valence-electron chi connectivity index (χ0n) is 40.5. The highest BCUT2D eigenvalue weighted by Crippen LogP contribution is 2.51. The normalized spacial score (nSPS) is 12.6. The molecule has 0 bridgehead atoms. The molecule has 0 N–H and O–H groups in total. The summed E-state index contributed by atoms with van der Waals surface area (Å²) in [7, 11) is 6.39. The van der Waals surface area contributed by atoms with Crippen LogP contribution in [0.3, 0.4) is 0 Å². The Bertz CT molecular complexity index is 2090. The molecule has 6 rings (SSSR count). The van der Waals surface area contributed by atoms with E-state index in [0.29, 0.717) is 0 Å². The smallest absolute Gasteiger partial charge is 0.248 e. The molecule has 6 aromatic carbocycles. The summed E-state index contributed by atoms with van der Waals surface area (Å²) < 4.78 is 24.0. The van der Waals surface area contributed by atoms with Crippen LogP contribution in [-0.2, 0) is 42.4 Å². The summed E-state index contributed by atoms with van der Waals surface area (Å²) in [4.78, 5) is 0. The van der Waals surface area contributed by atoms with Crippen LogP contribution in [0.15, 0.2) is 158 Å². The monoisotopic (exact) mass is 895 g/mol. The van der Waals surface area contributed by atoms with E-state index in [-0.39, 0.29) is 16.2 Å². The fourth-order valence-electron chi connectivity index (χ4n) is 8.26. The second kappa shape index (κ2) is 21.7. The van der Waals surface area contributed by atoms with Crippen LogP contribution in [0.4, 0.5) is 0 Å². The van der Waals surface area contributed by atoms with Crippen molar-refractivity contribution in [3.8, 4) is 11.5 Å². The lowest BCUT2D eigenvalue weighted by Gasteiger charge is -2.37. The van der Waals surface area contributed by atoms with Crippen molar-refractivity contribution in [1.29, 1.82) is 0 Å². The van der Waals surface area contributed by atoms with Crippen LogP contribution in [0.2, 0.25) is 0 Å². The van der Waals surface area contributed by atoms with Crippen molar-refractivity contribution < 1.29 is 9.05 Å². The quantitative estimate of drug-likeness (QED) is 0.0753. The van der Waals surface area contributed by atoms with Crippen molar-refractivity contribution in [1.82, 2.24) is 18.7 Å². The molecule has 0 saturated carbocycles. The molecule has 0 unspecified atom stereocenters. The highest BCUT2D eigenvalue weighted by molar-refractivity contribution is 7.48. The zero-order valence-corrected chi connectivity index (χ0v) is 42.3. The lowest BCUT2D eigenvalue weighted by molar-refractivity contribution is 0.378. The molecule has 0 atom stereocenters. The molecular weight excluding hydrogens is 823 g/mol. The second-order valence-electron chi connectivity index (χ2n) is 19.5. The van der Waals surface area contributed by atoms with E-state index in [4.69, 9.17) is 9.05 Å². The minimum Gasteiger partial charge on any atom is -0.444 e. The molecule has 0 spiro atoms. The molecule has 0 radical (unpaired) electrons. The Labute approximate surface area is 389 Å². The molecule has 0 amide bonds. The van der Waals surface area contributed by atoms with E-state index in [1.807, 2.05) is 0 Å². The molecular formula is C56H72N4O2P2. The maximum atomic E-state index is 7.27. The third kappa shape index (κ3) is 12.7. The Morgan fingerprint density at radius 1 is 0.391 bits per heavy atom. The summed E-state index contributed by atoms with van der Waals surface area (Å²) in [6.07, 6.45) is 0.930. The summed E-state index contributed by atoms with van der Waals surface area (Å²) >= 11 is 0. The second-order valence-corrected chi connectivity index (χ2v) is 23.6. The van der Waals surface area contributed by atoms with Crippen molar-refractivity contribution in [2.75, 3.05) is 28.2 Å². The molecule has 0 heterocycles. The van der Waals surface area contributed by atoms with Crippen LogP contribution in [0, 0.1) is 0 Å². The molecule has 0 aromatic heterocycles. The van der Waals surface area contributed by atoms with E-state index in [2.05, 4.69) is 260 Å². The minimum atomic E-state index is -1.18. The van der Waals surface area contributed by atoms with Crippen LogP contribution in [0.1, 0.15) is 106 Å². The predicted octanol–water partition coefficient (Wildman–Crippen LogP) is 14.7. The third-order valence-corrected chi connectivity index (χ3v) is 15.7. The first-order valence-corrected chi connectivity index (χ1v) is 25.1. The Kier molecular flexibility index (Phi) is 16.7. The Hall–Kier alpha value is -4.38. The van der Waals surface area contributed by atoms with Gasteiger partial charge in [-0.2, -0.15) is 0 Å². The van der Waals surface area contributed by atoms with Gasteiger partial charge in [0.25, 0.3) is 0 Å². The van der Waals surface area contributed by atoms with Crippen molar-refractivity contribution >= 4 is 16.9 Å². The Morgan fingerprint density at radius 3 is 0.891 bits per heavy atom. The SMILES string of the molecule is CCC(C)(c1ccc(OP(N(C)Cc2ccccc2)N(C)Cc2ccccc2)c(C(C)(C)C)c1)c1ccc(OP(N(C)Cc2ccccc2)N(C)Cc2ccccc2)c(C(C)(C)C)c1. The van der Waals surface area contributed by atoms with Gasteiger partial charge in [0, 0.05) is 42.7 Å². The summed E-state index contributed by atoms with van der Waals surface area (Å²) in [5, 5.41) is 0. The first-order chi connectivity index (χ1) is 30.5. The van der Waals surface area contributed by atoms with Crippen molar-refractivity contribution in [2.45, 2.75) is 104 Å². The fourth-order valence-corrected chi connectivity index (χ4v) is 11.7. The minimum absolute atomic E-state index is 0.167. The standard InChI is InChI=1S/C56H72N4O2P2/c1-13-56(8,48-34-36-52(50(38-48)54(2,3)4)61-63(57(9)40-44-26-18-14-19-27-44)58(10)41-45-28-20-15-21-29-45)49-35-37-53(51(39-49)55(5,6)7)62-64(59(11)42-46-30-22-16-23-31-46)60(12)43-47-32-24-17-25-33-47/h14-39H,13,40-43H2,1-12H3. The molecule has 0 aliphatic rings. The number of hydrogen-bond donors (Lipinski definition) is 0. The van der Waals surface area contributed by atoms with Crippen LogP contribution in [0.5, 0.6) is 11.5 Å². The average Bonchev–Trinajstić information content (AvgIpc) is 3.27. The predicted molar refractivity (Wildman–Crippen MR) is 274 cm³/mol. The number of hydrogen-bond acceptors (Lipinski definition) is 6. The maximum absolute atomic E-state index is 7.27. The van der Waals surface area contributed by atoms with Gasteiger partial charge in [-0.25, -0.2) is 18.7 Å². The van der Waals surface area contributed by atoms with Gasteiger partial charge >= 0.3 is 0 Å². The summed E-state index contributed by atoms with van der Waals surface area (Å²) in [6, 6.07) is 56.7. The van der Waals surface area contributed by atoms with Crippen LogP contribution in [-0.4, -0.2) is 46.9 Å². The molecule has 64 heavy (non-hydrogen) atoms. The van der Waals surface area contributed by atoms with Gasteiger partial charge in [-0.15, -0.1) is 0 Å². The van der Waals surface area contributed by atoms with Crippen LogP contribution < -0.4 is 9.05 Å². The molecule has 0 aliphatic carbocycles. The first kappa shape index (κ1) is 49.1. The molecule has 6 aromatic rings. The highest BCUT2D eigenvalue weighted by Gasteiger charge is 2.35. The van der Waals surface area contributed by atoms with Crippen molar-refractivity contribution in [3.63, 3.8) is 0 Å². The summed E-state index contributed by atoms with van der Waals surface area (Å²) in [5.41, 5.74) is 9.45. The topological polar surface area (TPSA) is 31.4 Å². The van der Waals surface area contributed by atoms with Gasteiger partial charge in [0.15, 0.2) is 0 Å². The zero-order chi connectivity index (χ0) is 46.1. The highest BCUT2D eigenvalue weighted by atomic mass is 31.2. The fraction of sp³-hybridized carbons (Fsp3) is 0.357. The van der Waals surface area contributed by atoms with E-state index in [9.17, 15) is 0 Å². The molecule has 8 heteroatoms. The molecule has 0 fully saturated rings. The van der Waals surface area contributed by atoms with Gasteiger partial charge in [-0.05, 0) is 91.0 Å². The van der Waals surface area contributed by atoms with E-state index in [1.165, 1.54) is 44.5 Å². The summed E-state index contributed by atoms with van der Waals surface area (Å²) in [6.45, 7) is 21.7. The van der Waals surface area contributed by atoms with Gasteiger partial charge < -0.3 is 9.05 Å². The van der Waals surface area contributed by atoms with Gasteiger partial charge in [0.2, 0.25) is 16.9 Å². The van der Waals surface area contributed by atoms with Crippen molar-refractivity contribution in [3.05, 3.63) is 202 Å². The van der Waals surface area contributed by atoms with Crippen LogP contribution in [0.25, 0.3) is 0 Å². The molecule has 338 valence electrons. The lowest BCUT2D eigenvalue weighted by Crippen LogP contribution is -2.28. The van der Waals surface area contributed by atoms with Gasteiger partial charge in [-0.3, -0.25) is 0 Å². The molecule has 0 saturated heterocycles. The summed E-state index contributed by atoms with van der Waals surface area (Å²) in [5.74, 6) is 1.87. The average molecular weight is 895 g/mol. The largest absolute Gasteiger partial charge is 0.444 e. The number of nitrogens with zero attached hydrogens (tertiary/aromatic N) is 4. The van der Waals surface area contributed by atoms with Crippen LogP contribution >= 0.6 is 16.9 Å². The Balaban J connectivity index is 1.35. The van der Waals surface area contributed by atoms with E-state index in [0.717, 1.165) is 44.1 Å². The molecule has 6 nitrogen and oxygen atoms in total. The van der Waals surface area contributed by atoms with Crippen molar-refractivity contribution in [2.24, 2.45) is 0 Å². The maximum Gasteiger partial charge on any atom is 0.248 e. The number of rotatable bonds is 19. The van der Waals surface area contributed by atoms with E-state index >= 15 is 0 Å². The Morgan fingerprint density at radius 2 is 0.656 bits per heavy atom. The lowest BCUT2D eigenvalue weighted by atomic mass is 9.71. The van der Waals surface area contributed by atoms with E-state index in [1.54, 1.807) is 0 Å². The number of benzene rings is 6. The van der Waals surface area contributed by atoms with E-state index < -0.39 is 16.9 Å². The first-order valence-electron chi connectivity index (χ1n) is 22.7.